The summed E-state index contributed by atoms with van der Waals surface area (Å²) in [6, 6.07) is 10.2. The number of rotatable bonds is 6. The molecule has 1 heterocycles. The van der Waals surface area contributed by atoms with Crippen molar-refractivity contribution in [2.45, 2.75) is 26.3 Å². The SMILES string of the molecule is CCCCNC(N)=NCc1nc(-c2ccccc2)cs1. The van der Waals surface area contributed by atoms with Crippen molar-refractivity contribution in [1.82, 2.24) is 10.3 Å². The molecule has 106 valence electrons. The predicted molar refractivity (Wildman–Crippen MR) is 85.8 cm³/mol. The number of benzene rings is 1. The Labute approximate surface area is 123 Å². The molecule has 20 heavy (non-hydrogen) atoms. The Balaban J connectivity index is 1.91. The molecule has 0 radical (unpaired) electrons. The fourth-order valence-electron chi connectivity index (χ4n) is 1.73. The monoisotopic (exact) mass is 288 g/mol. The largest absolute Gasteiger partial charge is 0.370 e. The number of hydrogen-bond donors (Lipinski definition) is 2. The van der Waals surface area contributed by atoms with Crippen LogP contribution in [0.5, 0.6) is 0 Å². The first-order valence-corrected chi connectivity index (χ1v) is 7.71. The first kappa shape index (κ1) is 14.5. The van der Waals surface area contributed by atoms with E-state index in [0.717, 1.165) is 35.7 Å². The number of hydrogen-bond acceptors (Lipinski definition) is 3. The van der Waals surface area contributed by atoms with Crippen LogP contribution in [0.1, 0.15) is 24.8 Å². The highest BCUT2D eigenvalue weighted by Gasteiger charge is 2.03. The Morgan fingerprint density at radius 1 is 1.35 bits per heavy atom. The van der Waals surface area contributed by atoms with Crippen LogP contribution in [0, 0.1) is 0 Å². The number of aliphatic imine (C=N–C) groups is 1. The van der Waals surface area contributed by atoms with Crippen LogP contribution >= 0.6 is 11.3 Å². The van der Waals surface area contributed by atoms with Crippen molar-refractivity contribution >= 4 is 17.3 Å². The van der Waals surface area contributed by atoms with Crippen molar-refractivity contribution in [3.63, 3.8) is 0 Å². The molecule has 1 aromatic heterocycles. The van der Waals surface area contributed by atoms with Gasteiger partial charge in [-0.05, 0) is 6.42 Å². The van der Waals surface area contributed by atoms with E-state index in [1.165, 1.54) is 0 Å². The van der Waals surface area contributed by atoms with E-state index >= 15 is 0 Å². The second-order valence-corrected chi connectivity index (χ2v) is 5.42. The van der Waals surface area contributed by atoms with E-state index in [9.17, 15) is 0 Å². The minimum atomic E-state index is 0.495. The minimum Gasteiger partial charge on any atom is -0.370 e. The minimum absolute atomic E-state index is 0.495. The van der Waals surface area contributed by atoms with Crippen LogP contribution in [0.25, 0.3) is 11.3 Å². The zero-order valence-electron chi connectivity index (χ0n) is 11.7. The smallest absolute Gasteiger partial charge is 0.189 e. The highest BCUT2D eigenvalue weighted by Crippen LogP contribution is 2.21. The van der Waals surface area contributed by atoms with Crippen molar-refractivity contribution < 1.29 is 0 Å². The van der Waals surface area contributed by atoms with Crippen molar-refractivity contribution in [2.24, 2.45) is 10.7 Å². The lowest BCUT2D eigenvalue weighted by atomic mass is 10.2. The van der Waals surface area contributed by atoms with Crippen LogP contribution in [0.2, 0.25) is 0 Å². The molecule has 1 aromatic carbocycles. The van der Waals surface area contributed by atoms with Crippen molar-refractivity contribution in [2.75, 3.05) is 6.54 Å². The van der Waals surface area contributed by atoms with E-state index in [1.54, 1.807) is 11.3 Å². The number of nitrogens with one attached hydrogen (secondary N) is 1. The Kier molecular flexibility index (Phi) is 5.55. The summed E-state index contributed by atoms with van der Waals surface area (Å²) in [4.78, 5) is 8.88. The quantitative estimate of drug-likeness (QED) is 0.488. The highest BCUT2D eigenvalue weighted by molar-refractivity contribution is 7.09. The van der Waals surface area contributed by atoms with Crippen LogP contribution in [0.15, 0.2) is 40.7 Å². The van der Waals surface area contributed by atoms with Crippen molar-refractivity contribution in [3.05, 3.63) is 40.7 Å². The van der Waals surface area contributed by atoms with Gasteiger partial charge in [0.05, 0.1) is 12.2 Å². The molecule has 0 aliphatic carbocycles. The van der Waals surface area contributed by atoms with Gasteiger partial charge in [-0.25, -0.2) is 9.98 Å². The number of nitrogens with two attached hydrogens (primary N) is 1. The van der Waals surface area contributed by atoms with Gasteiger partial charge in [0, 0.05) is 17.5 Å². The van der Waals surface area contributed by atoms with Gasteiger partial charge in [-0.15, -0.1) is 11.3 Å². The summed E-state index contributed by atoms with van der Waals surface area (Å²) in [6.07, 6.45) is 2.25. The normalized spacial score (nSPS) is 11.6. The summed E-state index contributed by atoms with van der Waals surface area (Å²) < 4.78 is 0. The maximum absolute atomic E-state index is 5.80. The fourth-order valence-corrected chi connectivity index (χ4v) is 2.45. The van der Waals surface area contributed by atoms with Gasteiger partial charge in [0.15, 0.2) is 5.96 Å². The molecular weight excluding hydrogens is 268 g/mol. The second-order valence-electron chi connectivity index (χ2n) is 4.47. The topological polar surface area (TPSA) is 63.3 Å². The van der Waals surface area contributed by atoms with E-state index in [1.807, 2.05) is 18.2 Å². The fraction of sp³-hybridized carbons (Fsp3) is 0.333. The van der Waals surface area contributed by atoms with E-state index in [-0.39, 0.29) is 0 Å². The highest BCUT2D eigenvalue weighted by atomic mass is 32.1. The van der Waals surface area contributed by atoms with Crippen LogP contribution < -0.4 is 11.1 Å². The molecule has 3 N–H and O–H groups in total. The van der Waals surface area contributed by atoms with Crippen molar-refractivity contribution in [1.29, 1.82) is 0 Å². The van der Waals surface area contributed by atoms with Gasteiger partial charge >= 0.3 is 0 Å². The predicted octanol–water partition coefficient (Wildman–Crippen LogP) is 3.01. The summed E-state index contributed by atoms with van der Waals surface area (Å²) in [5.41, 5.74) is 7.93. The Bertz CT molecular complexity index is 548. The maximum atomic E-state index is 5.80. The van der Waals surface area contributed by atoms with Crippen LogP contribution in [0.3, 0.4) is 0 Å². The molecule has 0 unspecified atom stereocenters. The zero-order chi connectivity index (χ0) is 14.2. The molecule has 4 nitrogen and oxygen atoms in total. The van der Waals surface area contributed by atoms with E-state index < -0.39 is 0 Å². The van der Waals surface area contributed by atoms with Gasteiger partial charge in [-0.1, -0.05) is 43.7 Å². The number of thiazole rings is 1. The first-order valence-electron chi connectivity index (χ1n) is 6.83. The third-order valence-electron chi connectivity index (χ3n) is 2.84. The molecule has 0 spiro atoms. The number of aromatic nitrogens is 1. The molecular formula is C15H20N4S. The van der Waals surface area contributed by atoms with Crippen LogP contribution in [0.4, 0.5) is 0 Å². The number of unbranched alkanes of at least 4 members (excludes halogenated alkanes) is 1. The molecule has 0 aliphatic heterocycles. The number of nitrogens with zero attached hydrogens (tertiary/aromatic N) is 2. The lowest BCUT2D eigenvalue weighted by molar-refractivity contribution is 0.748. The molecule has 0 fully saturated rings. The summed E-state index contributed by atoms with van der Waals surface area (Å²) in [7, 11) is 0. The average molecular weight is 288 g/mol. The Morgan fingerprint density at radius 2 is 2.15 bits per heavy atom. The molecule has 0 saturated heterocycles. The summed E-state index contributed by atoms with van der Waals surface area (Å²) >= 11 is 1.61. The zero-order valence-corrected chi connectivity index (χ0v) is 12.5. The summed E-state index contributed by atoms with van der Waals surface area (Å²) in [5, 5.41) is 6.13. The molecule has 2 aromatic rings. The molecule has 0 aliphatic rings. The van der Waals surface area contributed by atoms with E-state index in [2.05, 4.69) is 39.7 Å². The standard InChI is InChI=1S/C15H20N4S/c1-2-3-9-17-15(16)18-10-14-19-13(11-20-14)12-7-5-4-6-8-12/h4-8,11H,2-3,9-10H2,1H3,(H3,16,17,18). The van der Waals surface area contributed by atoms with Crippen LogP contribution in [-0.4, -0.2) is 17.5 Å². The van der Waals surface area contributed by atoms with Crippen LogP contribution in [-0.2, 0) is 6.54 Å². The summed E-state index contributed by atoms with van der Waals surface area (Å²) in [6.45, 7) is 3.55. The van der Waals surface area contributed by atoms with Gasteiger partial charge in [-0.3, -0.25) is 0 Å². The molecule has 0 amide bonds. The lowest BCUT2D eigenvalue weighted by Gasteiger charge is -2.03. The van der Waals surface area contributed by atoms with Gasteiger partial charge in [0.1, 0.15) is 5.01 Å². The van der Waals surface area contributed by atoms with Gasteiger partial charge in [0.25, 0.3) is 0 Å². The molecule has 0 atom stereocenters. The van der Waals surface area contributed by atoms with E-state index in [4.69, 9.17) is 5.73 Å². The molecule has 0 saturated carbocycles. The lowest BCUT2D eigenvalue weighted by Crippen LogP contribution is -2.32. The molecule has 5 heteroatoms. The summed E-state index contributed by atoms with van der Waals surface area (Å²) in [5.74, 6) is 0.495. The Hall–Kier alpha value is -1.88. The third kappa shape index (κ3) is 4.35. The Morgan fingerprint density at radius 3 is 2.90 bits per heavy atom. The first-order chi connectivity index (χ1) is 9.79. The van der Waals surface area contributed by atoms with Gasteiger partial charge < -0.3 is 11.1 Å². The van der Waals surface area contributed by atoms with Crippen molar-refractivity contribution in [3.8, 4) is 11.3 Å². The molecule has 2 rings (SSSR count). The van der Waals surface area contributed by atoms with Gasteiger partial charge in [-0.2, -0.15) is 0 Å². The second kappa shape index (κ2) is 7.65. The maximum Gasteiger partial charge on any atom is 0.189 e. The number of guanidine groups is 1. The third-order valence-corrected chi connectivity index (χ3v) is 3.68. The van der Waals surface area contributed by atoms with Gasteiger partial charge in [0.2, 0.25) is 0 Å². The van der Waals surface area contributed by atoms with E-state index in [0.29, 0.717) is 12.5 Å². The molecule has 0 bridgehead atoms. The average Bonchev–Trinajstić information content (AvgIpc) is 2.95.